The number of nitrogens with zero attached hydrogens (tertiary/aromatic N) is 1. The molecule has 0 aromatic carbocycles. The summed E-state index contributed by atoms with van der Waals surface area (Å²) in [6.45, 7) is 0.634. The topological polar surface area (TPSA) is 77.2 Å². The molecule has 1 fully saturated rings. The quantitative estimate of drug-likeness (QED) is 0.708. The first-order valence-electron chi connectivity index (χ1n) is 4.91. The van der Waals surface area contributed by atoms with E-state index in [2.05, 4.69) is 10.3 Å². The lowest BCUT2D eigenvalue weighted by molar-refractivity contribution is -0.121. The second kappa shape index (κ2) is 4.15. The van der Waals surface area contributed by atoms with Gasteiger partial charge in [0.25, 0.3) is 0 Å². The molecular weight excluding hydrogens is 213 g/mol. The second-order valence-electron chi connectivity index (χ2n) is 3.76. The van der Waals surface area contributed by atoms with Crippen LogP contribution in [-0.2, 0) is 9.53 Å². The third kappa shape index (κ3) is 2.17. The molecule has 6 heteroatoms. The molecule has 2 rings (SSSR count). The van der Waals surface area contributed by atoms with Crippen molar-refractivity contribution in [1.29, 1.82) is 0 Å². The third-order valence-electron chi connectivity index (χ3n) is 2.46. The molecular formula is C10H12FN3O2. The third-order valence-corrected chi connectivity index (χ3v) is 2.46. The van der Waals surface area contributed by atoms with E-state index in [9.17, 15) is 9.18 Å². The first-order valence-corrected chi connectivity index (χ1v) is 4.91. The summed E-state index contributed by atoms with van der Waals surface area (Å²) < 4.78 is 17.8. The smallest absolute Gasteiger partial charge is 0.248 e. The van der Waals surface area contributed by atoms with E-state index in [1.165, 1.54) is 18.2 Å². The standard InChI is InChI=1S/C10H12FN3O2/c11-7-2-1-3-8(13-7)14-9(15)10(12)4-5-16-6-10/h1-3H,4-6,12H2,(H,13,14,15). The van der Waals surface area contributed by atoms with Crippen LogP contribution in [0.3, 0.4) is 0 Å². The molecule has 1 unspecified atom stereocenters. The fourth-order valence-electron chi connectivity index (χ4n) is 1.48. The van der Waals surface area contributed by atoms with Gasteiger partial charge in [0.2, 0.25) is 11.9 Å². The largest absolute Gasteiger partial charge is 0.379 e. The summed E-state index contributed by atoms with van der Waals surface area (Å²) in [5.41, 5.74) is 4.80. The zero-order valence-electron chi connectivity index (χ0n) is 8.57. The minimum absolute atomic E-state index is 0.154. The zero-order valence-corrected chi connectivity index (χ0v) is 8.57. The van der Waals surface area contributed by atoms with E-state index in [0.717, 1.165) is 0 Å². The predicted molar refractivity (Wildman–Crippen MR) is 55.2 cm³/mol. The number of halogens is 1. The van der Waals surface area contributed by atoms with Crippen molar-refractivity contribution in [3.8, 4) is 0 Å². The summed E-state index contributed by atoms with van der Waals surface area (Å²) in [7, 11) is 0. The highest BCUT2D eigenvalue weighted by molar-refractivity contribution is 5.97. The average molecular weight is 225 g/mol. The first-order chi connectivity index (χ1) is 7.60. The van der Waals surface area contributed by atoms with Crippen molar-refractivity contribution in [2.45, 2.75) is 12.0 Å². The van der Waals surface area contributed by atoms with Crippen LogP contribution in [0, 0.1) is 5.95 Å². The molecule has 1 aromatic heterocycles. The fraction of sp³-hybridized carbons (Fsp3) is 0.400. The molecule has 16 heavy (non-hydrogen) atoms. The number of pyridine rings is 1. The number of nitrogens with two attached hydrogens (primary N) is 1. The molecule has 0 aliphatic carbocycles. The molecule has 1 aliphatic heterocycles. The zero-order chi connectivity index (χ0) is 11.6. The van der Waals surface area contributed by atoms with Crippen LogP contribution >= 0.6 is 0 Å². The minimum atomic E-state index is -1.03. The maximum absolute atomic E-state index is 12.8. The normalized spacial score (nSPS) is 24.4. The summed E-state index contributed by atoms with van der Waals surface area (Å²) in [5, 5.41) is 2.47. The minimum Gasteiger partial charge on any atom is -0.379 e. The van der Waals surface area contributed by atoms with Crippen LogP contribution in [0.4, 0.5) is 10.2 Å². The number of hydrogen-bond acceptors (Lipinski definition) is 4. The lowest BCUT2D eigenvalue weighted by Gasteiger charge is -2.20. The molecule has 0 bridgehead atoms. The van der Waals surface area contributed by atoms with Gasteiger partial charge in [0.05, 0.1) is 6.61 Å². The fourth-order valence-corrected chi connectivity index (χ4v) is 1.48. The van der Waals surface area contributed by atoms with Crippen molar-refractivity contribution in [1.82, 2.24) is 4.98 Å². The number of rotatable bonds is 2. The Balaban J connectivity index is 2.07. The van der Waals surface area contributed by atoms with E-state index >= 15 is 0 Å². The van der Waals surface area contributed by atoms with Gasteiger partial charge in [0.1, 0.15) is 11.4 Å². The molecule has 0 saturated carbocycles. The highest BCUT2D eigenvalue weighted by Crippen LogP contribution is 2.17. The highest BCUT2D eigenvalue weighted by atomic mass is 19.1. The van der Waals surface area contributed by atoms with E-state index < -0.39 is 17.4 Å². The number of carbonyl (C=O) groups is 1. The van der Waals surface area contributed by atoms with Gasteiger partial charge in [-0.05, 0) is 18.6 Å². The molecule has 0 spiro atoms. The molecule has 1 aromatic rings. The van der Waals surface area contributed by atoms with Crippen molar-refractivity contribution in [2.75, 3.05) is 18.5 Å². The lowest BCUT2D eigenvalue weighted by atomic mass is 9.99. The summed E-state index contributed by atoms with van der Waals surface area (Å²) in [6.07, 6.45) is 0.453. The van der Waals surface area contributed by atoms with Gasteiger partial charge in [0, 0.05) is 6.61 Å². The van der Waals surface area contributed by atoms with E-state index in [1.54, 1.807) is 0 Å². The predicted octanol–water partition coefficient (Wildman–Crippen LogP) is 0.277. The van der Waals surface area contributed by atoms with Gasteiger partial charge < -0.3 is 15.8 Å². The number of aromatic nitrogens is 1. The number of carbonyl (C=O) groups excluding carboxylic acids is 1. The molecule has 1 amide bonds. The van der Waals surface area contributed by atoms with Crippen LogP contribution in [0.2, 0.25) is 0 Å². The van der Waals surface area contributed by atoms with Gasteiger partial charge in [-0.3, -0.25) is 4.79 Å². The number of hydrogen-bond donors (Lipinski definition) is 2. The van der Waals surface area contributed by atoms with Crippen LogP contribution in [0.15, 0.2) is 18.2 Å². The van der Waals surface area contributed by atoms with Crippen molar-refractivity contribution in [3.05, 3.63) is 24.1 Å². The second-order valence-corrected chi connectivity index (χ2v) is 3.76. The highest BCUT2D eigenvalue weighted by Gasteiger charge is 2.38. The number of nitrogens with one attached hydrogen (secondary N) is 1. The van der Waals surface area contributed by atoms with Gasteiger partial charge >= 0.3 is 0 Å². The van der Waals surface area contributed by atoms with Crippen molar-refractivity contribution in [3.63, 3.8) is 0 Å². The molecule has 0 radical (unpaired) electrons. The molecule has 1 saturated heterocycles. The molecule has 1 aliphatic rings. The van der Waals surface area contributed by atoms with Crippen LogP contribution in [0.25, 0.3) is 0 Å². The number of anilines is 1. The Kier molecular flexibility index (Phi) is 2.84. The van der Waals surface area contributed by atoms with Gasteiger partial charge in [-0.25, -0.2) is 4.98 Å². The summed E-state index contributed by atoms with van der Waals surface area (Å²) >= 11 is 0. The van der Waals surface area contributed by atoms with Crippen LogP contribution in [0.5, 0.6) is 0 Å². The number of amides is 1. The molecule has 3 N–H and O–H groups in total. The van der Waals surface area contributed by atoms with Crippen LogP contribution in [0.1, 0.15) is 6.42 Å². The van der Waals surface area contributed by atoms with Gasteiger partial charge in [-0.2, -0.15) is 4.39 Å². The molecule has 1 atom stereocenters. The van der Waals surface area contributed by atoms with Crippen molar-refractivity contribution < 1.29 is 13.9 Å². The average Bonchev–Trinajstić information content (AvgIpc) is 2.66. The Bertz CT molecular complexity index is 405. The van der Waals surface area contributed by atoms with Gasteiger partial charge in [-0.1, -0.05) is 6.07 Å². The van der Waals surface area contributed by atoms with E-state index in [0.29, 0.717) is 13.0 Å². The Labute approximate surface area is 91.8 Å². The van der Waals surface area contributed by atoms with E-state index in [1.807, 2.05) is 0 Å². The van der Waals surface area contributed by atoms with Crippen LogP contribution in [-0.4, -0.2) is 29.6 Å². The Morgan fingerprint density at radius 1 is 1.62 bits per heavy atom. The van der Waals surface area contributed by atoms with Crippen LogP contribution < -0.4 is 11.1 Å². The van der Waals surface area contributed by atoms with Gasteiger partial charge in [-0.15, -0.1) is 0 Å². The molecule has 5 nitrogen and oxygen atoms in total. The summed E-state index contributed by atoms with van der Waals surface area (Å²) in [5.74, 6) is -0.892. The molecule has 2 heterocycles. The van der Waals surface area contributed by atoms with E-state index in [4.69, 9.17) is 10.5 Å². The number of ether oxygens (including phenoxy) is 1. The summed E-state index contributed by atoms with van der Waals surface area (Å²) in [4.78, 5) is 15.3. The Hall–Kier alpha value is -1.53. The Morgan fingerprint density at radius 3 is 3.06 bits per heavy atom. The Morgan fingerprint density at radius 2 is 2.44 bits per heavy atom. The lowest BCUT2D eigenvalue weighted by Crippen LogP contribution is -2.51. The van der Waals surface area contributed by atoms with Gasteiger partial charge in [0.15, 0.2) is 0 Å². The van der Waals surface area contributed by atoms with E-state index in [-0.39, 0.29) is 12.4 Å². The SMILES string of the molecule is NC1(C(=O)Nc2cccc(F)n2)CCOC1. The maximum atomic E-state index is 12.8. The monoisotopic (exact) mass is 225 g/mol. The van der Waals surface area contributed by atoms with Crippen molar-refractivity contribution >= 4 is 11.7 Å². The van der Waals surface area contributed by atoms with Crippen molar-refractivity contribution in [2.24, 2.45) is 5.73 Å². The summed E-state index contributed by atoms with van der Waals surface area (Å²) in [6, 6.07) is 4.17. The first kappa shape index (κ1) is 11.0. The maximum Gasteiger partial charge on any atom is 0.248 e. The molecule has 86 valence electrons.